The van der Waals surface area contributed by atoms with Gasteiger partial charge in [-0.15, -0.1) is 0 Å². The van der Waals surface area contributed by atoms with Gasteiger partial charge in [0.2, 0.25) is 0 Å². The summed E-state index contributed by atoms with van der Waals surface area (Å²) in [6, 6.07) is 23.7. The number of ether oxygens (including phenoxy) is 2. The van der Waals surface area contributed by atoms with E-state index in [4.69, 9.17) is 15.2 Å². The molecule has 0 fully saturated rings. The predicted octanol–water partition coefficient (Wildman–Crippen LogP) is 4.52. The smallest absolute Gasteiger partial charge is 0.126 e. The summed E-state index contributed by atoms with van der Waals surface area (Å²) in [5.74, 6) is 1.56. The molecule has 0 aliphatic carbocycles. The molecule has 116 valence electrons. The van der Waals surface area contributed by atoms with Crippen molar-refractivity contribution < 1.29 is 9.47 Å². The number of rotatable bonds is 5. The normalized spacial score (nSPS) is 10.3. The van der Waals surface area contributed by atoms with E-state index in [2.05, 4.69) is 0 Å². The largest absolute Gasteiger partial charge is 0.496 e. The first-order valence-electron chi connectivity index (χ1n) is 7.47. The minimum atomic E-state index is 0.510. The minimum Gasteiger partial charge on any atom is -0.496 e. The van der Waals surface area contributed by atoms with Gasteiger partial charge in [-0.05, 0) is 29.3 Å². The maximum atomic E-state index is 6.04. The lowest BCUT2D eigenvalue weighted by atomic mass is 10.0. The van der Waals surface area contributed by atoms with E-state index in [-0.39, 0.29) is 0 Å². The summed E-state index contributed by atoms with van der Waals surface area (Å²) in [5, 5.41) is 0. The second-order valence-electron chi connectivity index (χ2n) is 5.27. The third-order valence-corrected chi connectivity index (χ3v) is 3.60. The summed E-state index contributed by atoms with van der Waals surface area (Å²) < 4.78 is 11.3. The lowest BCUT2D eigenvalue weighted by Gasteiger charge is -2.12. The molecule has 3 nitrogen and oxygen atoms in total. The molecule has 0 unspecified atom stereocenters. The highest BCUT2D eigenvalue weighted by Crippen LogP contribution is 2.33. The van der Waals surface area contributed by atoms with Gasteiger partial charge in [-0.2, -0.15) is 0 Å². The molecule has 0 atom stereocenters. The van der Waals surface area contributed by atoms with Gasteiger partial charge in [0.15, 0.2) is 0 Å². The van der Waals surface area contributed by atoms with Gasteiger partial charge in [-0.3, -0.25) is 0 Å². The Labute approximate surface area is 136 Å². The number of hydrogen-bond acceptors (Lipinski definition) is 3. The van der Waals surface area contributed by atoms with E-state index in [9.17, 15) is 0 Å². The molecule has 0 amide bonds. The fourth-order valence-corrected chi connectivity index (χ4v) is 2.48. The van der Waals surface area contributed by atoms with Crippen molar-refractivity contribution in [3.8, 4) is 22.6 Å². The van der Waals surface area contributed by atoms with Gasteiger partial charge in [0.05, 0.1) is 7.11 Å². The minimum absolute atomic E-state index is 0.510. The van der Waals surface area contributed by atoms with E-state index in [1.165, 1.54) is 0 Å². The molecule has 0 heterocycles. The van der Waals surface area contributed by atoms with E-state index in [1.54, 1.807) is 7.11 Å². The zero-order chi connectivity index (χ0) is 16.1. The van der Waals surface area contributed by atoms with Gasteiger partial charge in [-0.1, -0.05) is 48.5 Å². The molecule has 23 heavy (non-hydrogen) atoms. The van der Waals surface area contributed by atoms with Gasteiger partial charge in [0.1, 0.15) is 18.1 Å². The Morgan fingerprint density at radius 1 is 0.870 bits per heavy atom. The van der Waals surface area contributed by atoms with Gasteiger partial charge in [0, 0.05) is 17.3 Å². The first-order valence-corrected chi connectivity index (χ1v) is 7.47. The van der Waals surface area contributed by atoms with Crippen LogP contribution in [0.3, 0.4) is 0 Å². The first kappa shape index (κ1) is 15.0. The summed E-state index contributed by atoms with van der Waals surface area (Å²) in [4.78, 5) is 0. The molecular formula is C20H19NO2. The molecule has 0 aliphatic heterocycles. The number of benzene rings is 3. The van der Waals surface area contributed by atoms with Crippen molar-refractivity contribution in [2.45, 2.75) is 6.61 Å². The molecule has 3 rings (SSSR count). The quantitative estimate of drug-likeness (QED) is 0.705. The third-order valence-electron chi connectivity index (χ3n) is 3.60. The van der Waals surface area contributed by atoms with Crippen LogP contribution < -0.4 is 15.2 Å². The van der Waals surface area contributed by atoms with Crippen LogP contribution in [0.25, 0.3) is 11.1 Å². The first-order chi connectivity index (χ1) is 11.3. The molecule has 0 bridgehead atoms. The van der Waals surface area contributed by atoms with E-state index in [0.717, 1.165) is 28.2 Å². The lowest BCUT2D eigenvalue weighted by molar-refractivity contribution is 0.306. The Bertz CT molecular complexity index is 785. The Morgan fingerprint density at radius 3 is 2.39 bits per heavy atom. The van der Waals surface area contributed by atoms with Crippen LogP contribution in [-0.2, 0) is 6.61 Å². The summed E-state index contributed by atoms with van der Waals surface area (Å²) in [7, 11) is 1.66. The molecule has 3 heteroatoms. The van der Waals surface area contributed by atoms with Crippen LogP contribution >= 0.6 is 0 Å². The third kappa shape index (κ3) is 3.64. The van der Waals surface area contributed by atoms with Crippen molar-refractivity contribution in [1.29, 1.82) is 0 Å². The maximum absolute atomic E-state index is 6.04. The van der Waals surface area contributed by atoms with Crippen molar-refractivity contribution in [1.82, 2.24) is 0 Å². The highest BCUT2D eigenvalue weighted by molar-refractivity contribution is 5.74. The van der Waals surface area contributed by atoms with Crippen LogP contribution in [0.5, 0.6) is 11.5 Å². The molecule has 0 aromatic heterocycles. The summed E-state index contributed by atoms with van der Waals surface area (Å²) in [5.41, 5.74) is 9.79. The van der Waals surface area contributed by atoms with E-state index in [1.807, 2.05) is 72.8 Å². The SMILES string of the molecule is COc1ccccc1-c1cc(N)cc(OCc2ccccc2)c1. The summed E-state index contributed by atoms with van der Waals surface area (Å²) >= 11 is 0. The Hall–Kier alpha value is -2.94. The average molecular weight is 305 g/mol. The highest BCUT2D eigenvalue weighted by Gasteiger charge is 2.08. The molecule has 2 N–H and O–H groups in total. The van der Waals surface area contributed by atoms with Gasteiger partial charge < -0.3 is 15.2 Å². The number of nitrogen functional groups attached to an aromatic ring is 1. The molecule has 0 saturated carbocycles. The molecule has 0 aliphatic rings. The topological polar surface area (TPSA) is 44.5 Å². The van der Waals surface area contributed by atoms with Crippen LogP contribution in [-0.4, -0.2) is 7.11 Å². The van der Waals surface area contributed by atoms with Crippen molar-refractivity contribution in [3.05, 3.63) is 78.4 Å². The zero-order valence-electron chi connectivity index (χ0n) is 13.0. The molecule has 3 aromatic carbocycles. The molecule has 3 aromatic rings. The zero-order valence-corrected chi connectivity index (χ0v) is 13.0. The van der Waals surface area contributed by atoms with Crippen molar-refractivity contribution in [2.75, 3.05) is 12.8 Å². The van der Waals surface area contributed by atoms with Crippen molar-refractivity contribution >= 4 is 5.69 Å². The van der Waals surface area contributed by atoms with Crippen molar-refractivity contribution in [2.24, 2.45) is 0 Å². The molecular weight excluding hydrogens is 286 g/mol. The van der Waals surface area contributed by atoms with Crippen LogP contribution in [0, 0.1) is 0 Å². The Kier molecular flexibility index (Phi) is 4.48. The number of hydrogen-bond donors (Lipinski definition) is 1. The second kappa shape index (κ2) is 6.88. The number of methoxy groups -OCH3 is 1. The van der Waals surface area contributed by atoms with Crippen LogP contribution in [0.2, 0.25) is 0 Å². The standard InChI is InChI=1S/C20H19NO2/c1-22-20-10-6-5-9-19(20)16-11-17(21)13-18(12-16)23-14-15-7-3-2-4-8-15/h2-13H,14,21H2,1H3. The number of para-hydroxylation sites is 1. The van der Waals surface area contributed by atoms with Crippen molar-refractivity contribution in [3.63, 3.8) is 0 Å². The Balaban J connectivity index is 1.87. The predicted molar refractivity (Wildman–Crippen MR) is 93.6 cm³/mol. The molecule has 0 saturated heterocycles. The summed E-state index contributed by atoms with van der Waals surface area (Å²) in [6.45, 7) is 0.510. The number of anilines is 1. The molecule has 0 radical (unpaired) electrons. The van der Waals surface area contributed by atoms with E-state index in [0.29, 0.717) is 12.3 Å². The van der Waals surface area contributed by atoms with Crippen LogP contribution in [0.1, 0.15) is 5.56 Å². The van der Waals surface area contributed by atoms with E-state index < -0.39 is 0 Å². The highest BCUT2D eigenvalue weighted by atomic mass is 16.5. The average Bonchev–Trinajstić information content (AvgIpc) is 2.60. The summed E-state index contributed by atoms with van der Waals surface area (Å²) in [6.07, 6.45) is 0. The molecule has 0 spiro atoms. The van der Waals surface area contributed by atoms with Gasteiger partial charge >= 0.3 is 0 Å². The van der Waals surface area contributed by atoms with Gasteiger partial charge in [0.25, 0.3) is 0 Å². The fraction of sp³-hybridized carbons (Fsp3) is 0.100. The van der Waals surface area contributed by atoms with Crippen LogP contribution in [0.4, 0.5) is 5.69 Å². The second-order valence-corrected chi connectivity index (χ2v) is 5.27. The maximum Gasteiger partial charge on any atom is 0.126 e. The number of nitrogens with two attached hydrogens (primary N) is 1. The van der Waals surface area contributed by atoms with Gasteiger partial charge in [-0.25, -0.2) is 0 Å². The lowest BCUT2D eigenvalue weighted by Crippen LogP contribution is -1.97. The monoisotopic (exact) mass is 305 g/mol. The fourth-order valence-electron chi connectivity index (χ4n) is 2.48. The Morgan fingerprint density at radius 2 is 1.61 bits per heavy atom. The van der Waals surface area contributed by atoms with Crippen LogP contribution in [0.15, 0.2) is 72.8 Å². The van der Waals surface area contributed by atoms with E-state index >= 15 is 0 Å².